The molecule has 166 valence electrons. The molecule has 0 aliphatic carbocycles. The fraction of sp³-hybridized carbons (Fsp3) is 0.217. The Kier molecular flexibility index (Phi) is 4.97. The number of rotatable bonds is 5. The van der Waals surface area contributed by atoms with E-state index in [9.17, 15) is 9.59 Å². The Morgan fingerprint density at radius 2 is 1.76 bits per heavy atom. The zero-order valence-electron chi connectivity index (χ0n) is 18.4. The maximum atomic E-state index is 13.1. The highest BCUT2D eigenvalue weighted by molar-refractivity contribution is 5.74. The standard InChI is InChI=1S/C23H21N7O3/c1-4-33-20-10-9-15(11-19(20)30-26-17-7-5-6-8-18(17)27-30)13-29-22(31)16-12-24-14(2)25-21(16)28(3)23(29)32/h5-12H,4,13H2,1-3H3. The number of benzene rings is 2. The van der Waals surface area contributed by atoms with Crippen LogP contribution in [0, 0.1) is 6.92 Å². The van der Waals surface area contributed by atoms with E-state index in [4.69, 9.17) is 4.74 Å². The number of hydrogen-bond acceptors (Lipinski definition) is 7. The first-order valence-corrected chi connectivity index (χ1v) is 10.5. The van der Waals surface area contributed by atoms with Gasteiger partial charge >= 0.3 is 5.69 Å². The van der Waals surface area contributed by atoms with Crippen LogP contribution in [0.15, 0.2) is 58.3 Å². The van der Waals surface area contributed by atoms with Crippen LogP contribution in [0.2, 0.25) is 0 Å². The van der Waals surface area contributed by atoms with E-state index >= 15 is 0 Å². The summed E-state index contributed by atoms with van der Waals surface area (Å²) < 4.78 is 8.31. The van der Waals surface area contributed by atoms with Gasteiger partial charge in [-0.05, 0) is 43.7 Å². The minimum absolute atomic E-state index is 0.0650. The molecule has 0 fully saturated rings. The molecule has 0 saturated carbocycles. The van der Waals surface area contributed by atoms with Crippen LogP contribution in [0.5, 0.6) is 5.75 Å². The summed E-state index contributed by atoms with van der Waals surface area (Å²) in [6.45, 7) is 4.14. The van der Waals surface area contributed by atoms with Gasteiger partial charge in [0.05, 0.1) is 13.2 Å². The van der Waals surface area contributed by atoms with Crippen LogP contribution in [0.4, 0.5) is 0 Å². The number of fused-ring (bicyclic) bond motifs is 2. The van der Waals surface area contributed by atoms with Gasteiger partial charge in [-0.25, -0.2) is 14.8 Å². The zero-order valence-corrected chi connectivity index (χ0v) is 18.4. The van der Waals surface area contributed by atoms with E-state index in [1.54, 1.807) is 20.0 Å². The lowest BCUT2D eigenvalue weighted by Crippen LogP contribution is -2.39. The first-order valence-electron chi connectivity index (χ1n) is 10.5. The van der Waals surface area contributed by atoms with E-state index < -0.39 is 11.2 Å². The third-order valence-corrected chi connectivity index (χ3v) is 5.37. The SMILES string of the molecule is CCOc1ccc(Cn2c(=O)c3cnc(C)nc3n(C)c2=O)cc1-n1nc2ccccc2n1. The number of nitrogens with zero attached hydrogens (tertiary/aromatic N) is 7. The van der Waals surface area contributed by atoms with Crippen LogP contribution in [-0.4, -0.2) is 40.7 Å². The maximum Gasteiger partial charge on any atom is 0.332 e. The van der Waals surface area contributed by atoms with E-state index in [2.05, 4.69) is 20.2 Å². The summed E-state index contributed by atoms with van der Waals surface area (Å²) in [5.74, 6) is 1.09. The van der Waals surface area contributed by atoms with Crippen LogP contribution in [-0.2, 0) is 13.6 Å². The summed E-state index contributed by atoms with van der Waals surface area (Å²) in [4.78, 5) is 35.9. The smallest absolute Gasteiger partial charge is 0.332 e. The molecule has 0 N–H and O–H groups in total. The second kappa shape index (κ2) is 7.97. The van der Waals surface area contributed by atoms with Crippen molar-refractivity contribution in [1.82, 2.24) is 34.1 Å². The lowest BCUT2D eigenvalue weighted by molar-refractivity contribution is 0.337. The van der Waals surface area contributed by atoms with E-state index in [0.29, 0.717) is 29.5 Å². The van der Waals surface area contributed by atoms with Crippen molar-refractivity contribution < 1.29 is 4.74 Å². The predicted octanol–water partition coefficient (Wildman–Crippen LogP) is 1.98. The summed E-state index contributed by atoms with van der Waals surface area (Å²) in [6.07, 6.45) is 1.46. The Morgan fingerprint density at radius 1 is 1.03 bits per heavy atom. The Labute approximate surface area is 187 Å². The molecule has 5 rings (SSSR count). The molecule has 10 heteroatoms. The average molecular weight is 443 g/mol. The summed E-state index contributed by atoms with van der Waals surface area (Å²) in [6, 6.07) is 13.0. The van der Waals surface area contributed by atoms with Crippen LogP contribution in [0.3, 0.4) is 0 Å². The molecule has 0 amide bonds. The Balaban J connectivity index is 1.63. The quantitative estimate of drug-likeness (QED) is 0.408. The largest absolute Gasteiger partial charge is 0.492 e. The van der Waals surface area contributed by atoms with Crippen molar-refractivity contribution in [2.75, 3.05) is 6.61 Å². The topological polar surface area (TPSA) is 110 Å². The maximum absolute atomic E-state index is 13.1. The van der Waals surface area contributed by atoms with Crippen molar-refractivity contribution in [1.29, 1.82) is 0 Å². The summed E-state index contributed by atoms with van der Waals surface area (Å²) in [5.41, 5.74) is 2.26. The number of aryl methyl sites for hydroxylation is 2. The van der Waals surface area contributed by atoms with Crippen molar-refractivity contribution in [2.45, 2.75) is 20.4 Å². The van der Waals surface area contributed by atoms with Gasteiger partial charge in [0.15, 0.2) is 5.65 Å². The Morgan fingerprint density at radius 3 is 2.45 bits per heavy atom. The summed E-state index contributed by atoms with van der Waals surface area (Å²) in [5, 5.41) is 9.38. The molecule has 0 aliphatic rings. The second-order valence-electron chi connectivity index (χ2n) is 7.60. The Bertz CT molecular complexity index is 1600. The number of ether oxygens (including phenoxy) is 1. The molecular formula is C23H21N7O3. The van der Waals surface area contributed by atoms with Crippen LogP contribution in [0.1, 0.15) is 18.3 Å². The zero-order chi connectivity index (χ0) is 23.1. The first kappa shape index (κ1) is 20.6. The molecule has 33 heavy (non-hydrogen) atoms. The fourth-order valence-electron chi connectivity index (χ4n) is 3.75. The molecule has 3 aromatic heterocycles. The summed E-state index contributed by atoms with van der Waals surface area (Å²) >= 11 is 0. The lowest BCUT2D eigenvalue weighted by Gasteiger charge is -2.13. The van der Waals surface area contributed by atoms with Gasteiger partial charge in [0.2, 0.25) is 0 Å². The minimum atomic E-state index is -0.455. The molecular weight excluding hydrogens is 422 g/mol. The van der Waals surface area contributed by atoms with Gasteiger partial charge in [0.1, 0.15) is 33.7 Å². The third kappa shape index (κ3) is 3.55. The second-order valence-corrected chi connectivity index (χ2v) is 7.60. The van der Waals surface area contributed by atoms with Crippen LogP contribution >= 0.6 is 0 Å². The number of aromatic nitrogens is 7. The molecule has 0 saturated heterocycles. The van der Waals surface area contributed by atoms with Gasteiger partial charge < -0.3 is 4.74 Å². The normalized spacial score (nSPS) is 11.4. The minimum Gasteiger partial charge on any atom is -0.492 e. The van der Waals surface area contributed by atoms with Gasteiger partial charge in [0.25, 0.3) is 5.56 Å². The van der Waals surface area contributed by atoms with Crippen molar-refractivity contribution >= 4 is 22.1 Å². The highest BCUT2D eigenvalue weighted by Gasteiger charge is 2.16. The molecule has 2 aromatic carbocycles. The van der Waals surface area contributed by atoms with Gasteiger partial charge in [-0.3, -0.25) is 13.9 Å². The van der Waals surface area contributed by atoms with Crippen molar-refractivity contribution in [3.63, 3.8) is 0 Å². The highest BCUT2D eigenvalue weighted by atomic mass is 16.5. The van der Waals surface area contributed by atoms with E-state index in [-0.39, 0.29) is 11.9 Å². The molecule has 0 aliphatic heterocycles. The average Bonchev–Trinajstić information content (AvgIpc) is 3.25. The van der Waals surface area contributed by atoms with Gasteiger partial charge in [0, 0.05) is 13.2 Å². The third-order valence-electron chi connectivity index (χ3n) is 5.37. The van der Waals surface area contributed by atoms with Crippen molar-refractivity contribution in [3.05, 3.63) is 80.9 Å². The fourth-order valence-corrected chi connectivity index (χ4v) is 3.75. The van der Waals surface area contributed by atoms with E-state index in [1.807, 2.05) is 43.3 Å². The van der Waals surface area contributed by atoms with Gasteiger partial charge in [-0.1, -0.05) is 18.2 Å². The van der Waals surface area contributed by atoms with E-state index in [0.717, 1.165) is 16.6 Å². The monoisotopic (exact) mass is 443 g/mol. The molecule has 0 atom stereocenters. The lowest BCUT2D eigenvalue weighted by atomic mass is 10.2. The molecule has 0 bridgehead atoms. The van der Waals surface area contributed by atoms with Gasteiger partial charge in [-0.15, -0.1) is 15.0 Å². The molecule has 0 unspecified atom stereocenters. The molecule has 0 spiro atoms. The molecule has 0 radical (unpaired) electrons. The van der Waals surface area contributed by atoms with Crippen molar-refractivity contribution in [3.8, 4) is 11.4 Å². The number of hydrogen-bond donors (Lipinski definition) is 0. The van der Waals surface area contributed by atoms with Crippen molar-refractivity contribution in [2.24, 2.45) is 7.05 Å². The molecule has 10 nitrogen and oxygen atoms in total. The predicted molar refractivity (Wildman–Crippen MR) is 123 cm³/mol. The van der Waals surface area contributed by atoms with Crippen LogP contribution < -0.4 is 16.0 Å². The summed E-state index contributed by atoms with van der Waals surface area (Å²) in [7, 11) is 1.59. The van der Waals surface area contributed by atoms with Gasteiger partial charge in [-0.2, -0.15) is 0 Å². The first-order chi connectivity index (χ1) is 16.0. The Hall–Kier alpha value is -4.34. The van der Waals surface area contributed by atoms with Crippen LogP contribution in [0.25, 0.3) is 27.8 Å². The molecule has 3 heterocycles. The van der Waals surface area contributed by atoms with E-state index in [1.165, 1.54) is 20.1 Å². The molecule has 5 aromatic rings. The highest BCUT2D eigenvalue weighted by Crippen LogP contribution is 2.25.